The molecule has 1 unspecified atom stereocenters. The number of aromatic amines is 1. The summed E-state index contributed by atoms with van der Waals surface area (Å²) in [5, 5.41) is 14.3. The third kappa shape index (κ3) is 3.47. The van der Waals surface area contributed by atoms with Crippen molar-refractivity contribution in [2.75, 3.05) is 18.1 Å². The van der Waals surface area contributed by atoms with Gasteiger partial charge in [-0.1, -0.05) is 11.6 Å². The van der Waals surface area contributed by atoms with Gasteiger partial charge in [0.15, 0.2) is 0 Å². The van der Waals surface area contributed by atoms with E-state index in [-0.39, 0.29) is 5.91 Å². The minimum atomic E-state index is -0.710. The van der Waals surface area contributed by atoms with Crippen LogP contribution in [0.2, 0.25) is 0 Å². The lowest BCUT2D eigenvalue weighted by atomic mass is 10.0. The molecule has 2 heterocycles. The van der Waals surface area contributed by atoms with E-state index in [0.29, 0.717) is 19.4 Å². The Morgan fingerprint density at radius 2 is 2.36 bits per heavy atom. The SMILES string of the molecule is Cc1ccc2[nH]cc(CCC(=O)NCC3(O)CCSC3)c2c1. The van der Waals surface area contributed by atoms with Crippen molar-refractivity contribution in [3.8, 4) is 0 Å². The quantitative estimate of drug-likeness (QED) is 0.793. The summed E-state index contributed by atoms with van der Waals surface area (Å²) < 4.78 is 0. The van der Waals surface area contributed by atoms with Crippen LogP contribution >= 0.6 is 11.8 Å². The van der Waals surface area contributed by atoms with Crippen molar-refractivity contribution in [1.82, 2.24) is 10.3 Å². The fraction of sp³-hybridized carbons (Fsp3) is 0.471. The second-order valence-corrected chi connectivity index (χ2v) is 7.27. The maximum Gasteiger partial charge on any atom is 0.220 e. The second-order valence-electron chi connectivity index (χ2n) is 6.17. The van der Waals surface area contributed by atoms with Crippen LogP contribution in [0.3, 0.4) is 0 Å². The molecule has 1 saturated heterocycles. The van der Waals surface area contributed by atoms with Gasteiger partial charge in [0.2, 0.25) is 5.91 Å². The van der Waals surface area contributed by atoms with Gasteiger partial charge >= 0.3 is 0 Å². The first-order valence-electron chi connectivity index (χ1n) is 7.69. The third-order valence-corrected chi connectivity index (χ3v) is 5.48. The molecule has 3 N–H and O–H groups in total. The van der Waals surface area contributed by atoms with Gasteiger partial charge in [0.1, 0.15) is 0 Å². The van der Waals surface area contributed by atoms with E-state index in [0.717, 1.165) is 23.4 Å². The zero-order valence-corrected chi connectivity index (χ0v) is 13.6. The fourth-order valence-corrected chi connectivity index (χ4v) is 4.13. The molecule has 22 heavy (non-hydrogen) atoms. The average Bonchev–Trinajstić information content (AvgIpc) is 3.10. The summed E-state index contributed by atoms with van der Waals surface area (Å²) >= 11 is 1.74. The topological polar surface area (TPSA) is 65.1 Å². The summed E-state index contributed by atoms with van der Waals surface area (Å²) in [6.45, 7) is 2.44. The number of thioether (sulfide) groups is 1. The molecule has 118 valence electrons. The zero-order chi connectivity index (χ0) is 15.6. The average molecular weight is 318 g/mol. The lowest BCUT2D eigenvalue weighted by Gasteiger charge is -2.21. The number of benzene rings is 1. The number of rotatable bonds is 5. The van der Waals surface area contributed by atoms with Crippen LogP contribution < -0.4 is 5.32 Å². The number of fused-ring (bicyclic) bond motifs is 1. The van der Waals surface area contributed by atoms with Crippen molar-refractivity contribution in [2.24, 2.45) is 0 Å². The van der Waals surface area contributed by atoms with Gasteiger partial charge in [0, 0.05) is 35.8 Å². The number of carbonyl (C=O) groups excluding carboxylic acids is 1. The predicted molar refractivity (Wildman–Crippen MR) is 91.3 cm³/mol. The minimum absolute atomic E-state index is 0.00679. The number of amides is 1. The molecule has 2 aromatic rings. The monoisotopic (exact) mass is 318 g/mol. The Morgan fingerprint density at radius 1 is 1.50 bits per heavy atom. The van der Waals surface area contributed by atoms with Gasteiger partial charge in [-0.3, -0.25) is 4.79 Å². The Bertz CT molecular complexity index is 674. The minimum Gasteiger partial charge on any atom is -0.387 e. The van der Waals surface area contributed by atoms with Gasteiger partial charge in [0.05, 0.1) is 5.60 Å². The largest absolute Gasteiger partial charge is 0.387 e. The number of H-pyrrole nitrogens is 1. The molecule has 1 aromatic carbocycles. The Morgan fingerprint density at radius 3 is 3.14 bits per heavy atom. The Kier molecular flexibility index (Phi) is 4.45. The van der Waals surface area contributed by atoms with Crippen molar-refractivity contribution in [2.45, 2.75) is 31.8 Å². The van der Waals surface area contributed by atoms with E-state index in [1.807, 2.05) is 6.20 Å². The first kappa shape index (κ1) is 15.4. The van der Waals surface area contributed by atoms with Crippen LogP contribution in [0.15, 0.2) is 24.4 Å². The Hall–Kier alpha value is -1.46. The standard InChI is InChI=1S/C17H22N2O2S/c1-12-2-4-15-14(8-12)13(9-18-15)3-5-16(20)19-10-17(21)6-7-22-11-17/h2,4,8-9,18,21H,3,5-7,10-11H2,1H3,(H,19,20). The predicted octanol–water partition coefficient (Wildman–Crippen LogP) is 2.39. The number of carbonyl (C=O) groups is 1. The number of aliphatic hydroxyl groups is 1. The summed E-state index contributed by atoms with van der Waals surface area (Å²) in [7, 11) is 0. The van der Waals surface area contributed by atoms with Crippen LogP contribution in [-0.4, -0.2) is 39.6 Å². The molecule has 1 amide bonds. The molecule has 1 aromatic heterocycles. The maximum atomic E-state index is 12.0. The molecule has 5 heteroatoms. The van der Waals surface area contributed by atoms with Crippen molar-refractivity contribution >= 4 is 28.6 Å². The Balaban J connectivity index is 1.55. The van der Waals surface area contributed by atoms with E-state index in [2.05, 4.69) is 35.4 Å². The van der Waals surface area contributed by atoms with Gasteiger partial charge in [-0.15, -0.1) is 0 Å². The van der Waals surface area contributed by atoms with Crippen molar-refractivity contribution < 1.29 is 9.90 Å². The van der Waals surface area contributed by atoms with Gasteiger partial charge in [-0.2, -0.15) is 11.8 Å². The number of aryl methyl sites for hydroxylation is 2. The molecule has 1 atom stereocenters. The highest BCUT2D eigenvalue weighted by Crippen LogP contribution is 2.27. The summed E-state index contributed by atoms with van der Waals surface area (Å²) in [6.07, 6.45) is 3.91. The molecule has 4 nitrogen and oxygen atoms in total. The van der Waals surface area contributed by atoms with E-state index in [1.54, 1.807) is 11.8 Å². The van der Waals surface area contributed by atoms with E-state index in [1.165, 1.54) is 16.5 Å². The first-order valence-corrected chi connectivity index (χ1v) is 8.85. The van der Waals surface area contributed by atoms with E-state index >= 15 is 0 Å². The molecule has 0 saturated carbocycles. The van der Waals surface area contributed by atoms with E-state index < -0.39 is 5.60 Å². The van der Waals surface area contributed by atoms with Crippen LogP contribution in [0.5, 0.6) is 0 Å². The first-order chi connectivity index (χ1) is 10.6. The highest BCUT2D eigenvalue weighted by atomic mass is 32.2. The molecule has 0 radical (unpaired) electrons. The van der Waals surface area contributed by atoms with E-state index in [9.17, 15) is 9.90 Å². The molecule has 1 fully saturated rings. The van der Waals surface area contributed by atoms with E-state index in [4.69, 9.17) is 0 Å². The van der Waals surface area contributed by atoms with Gasteiger partial charge in [-0.05, 0) is 43.2 Å². The summed E-state index contributed by atoms with van der Waals surface area (Å²) in [5.74, 6) is 1.70. The van der Waals surface area contributed by atoms with Gasteiger partial charge in [0.25, 0.3) is 0 Å². The molecular formula is C17H22N2O2S. The second kappa shape index (κ2) is 6.34. The fourth-order valence-electron chi connectivity index (χ4n) is 2.83. The molecule has 0 bridgehead atoms. The smallest absolute Gasteiger partial charge is 0.220 e. The van der Waals surface area contributed by atoms with Crippen molar-refractivity contribution in [3.05, 3.63) is 35.5 Å². The molecule has 1 aliphatic heterocycles. The summed E-state index contributed by atoms with van der Waals surface area (Å²) in [4.78, 5) is 15.2. The van der Waals surface area contributed by atoms with Gasteiger partial charge in [-0.25, -0.2) is 0 Å². The van der Waals surface area contributed by atoms with Crippen molar-refractivity contribution in [1.29, 1.82) is 0 Å². The zero-order valence-electron chi connectivity index (χ0n) is 12.8. The van der Waals surface area contributed by atoms with Crippen LogP contribution in [0.4, 0.5) is 0 Å². The molecule has 3 rings (SSSR count). The lowest BCUT2D eigenvalue weighted by molar-refractivity contribution is -0.122. The number of hydrogen-bond acceptors (Lipinski definition) is 3. The normalized spacial score (nSPS) is 21.4. The van der Waals surface area contributed by atoms with Crippen molar-refractivity contribution in [3.63, 3.8) is 0 Å². The lowest BCUT2D eigenvalue weighted by Crippen LogP contribution is -2.43. The molecular weight excluding hydrogens is 296 g/mol. The maximum absolute atomic E-state index is 12.0. The number of nitrogens with one attached hydrogen (secondary N) is 2. The molecule has 1 aliphatic rings. The van der Waals surface area contributed by atoms with Crippen LogP contribution in [0.1, 0.15) is 24.0 Å². The van der Waals surface area contributed by atoms with Crippen LogP contribution in [0.25, 0.3) is 10.9 Å². The van der Waals surface area contributed by atoms with Gasteiger partial charge < -0.3 is 15.4 Å². The highest BCUT2D eigenvalue weighted by Gasteiger charge is 2.31. The van der Waals surface area contributed by atoms with Crippen LogP contribution in [-0.2, 0) is 11.2 Å². The summed E-state index contributed by atoms with van der Waals surface area (Å²) in [5.41, 5.74) is 2.79. The number of aromatic nitrogens is 1. The summed E-state index contributed by atoms with van der Waals surface area (Å²) in [6, 6.07) is 6.30. The Labute approximate surface area is 134 Å². The molecule has 0 spiro atoms. The molecule has 0 aliphatic carbocycles. The van der Waals surface area contributed by atoms with Crippen LogP contribution in [0, 0.1) is 6.92 Å². The third-order valence-electron chi connectivity index (χ3n) is 4.24. The highest BCUT2D eigenvalue weighted by molar-refractivity contribution is 7.99. The number of hydrogen-bond donors (Lipinski definition) is 3.